The van der Waals surface area contributed by atoms with E-state index in [0.29, 0.717) is 22.4 Å². The first-order valence-electron chi connectivity index (χ1n) is 9.81. The molecular weight excluding hydrogens is 554 g/mol. The Morgan fingerprint density at radius 1 is 1.29 bits per heavy atom. The van der Waals surface area contributed by atoms with Gasteiger partial charge in [-0.25, -0.2) is 13.4 Å². The highest BCUT2D eigenvalue weighted by atomic mass is 79.9. The molecule has 2 heterocycles. The van der Waals surface area contributed by atoms with Gasteiger partial charge in [-0.15, -0.1) is 0 Å². The van der Waals surface area contributed by atoms with Gasteiger partial charge < -0.3 is 14.6 Å². The van der Waals surface area contributed by atoms with Gasteiger partial charge in [0.05, 0.1) is 35.1 Å². The van der Waals surface area contributed by atoms with Crippen LogP contribution in [0.2, 0.25) is 5.15 Å². The van der Waals surface area contributed by atoms with Crippen LogP contribution in [0.15, 0.2) is 57.9 Å². The molecule has 4 rings (SSSR count). The summed E-state index contributed by atoms with van der Waals surface area (Å²) in [6, 6.07) is 11.7. The first-order valence-corrected chi connectivity index (χ1v) is 12.5. The highest BCUT2D eigenvalue weighted by Gasteiger charge is 2.30. The predicted octanol–water partition coefficient (Wildman–Crippen LogP) is 4.25. The minimum atomic E-state index is -4.40. The van der Waals surface area contributed by atoms with Crippen molar-refractivity contribution in [2.45, 2.75) is 17.4 Å². The third kappa shape index (κ3) is 4.80. The lowest BCUT2D eigenvalue weighted by atomic mass is 9.97. The summed E-state index contributed by atoms with van der Waals surface area (Å²) in [6.07, 6.45) is 0. The van der Waals surface area contributed by atoms with E-state index >= 15 is 0 Å². The second-order valence-corrected chi connectivity index (χ2v) is 10.1. The molecule has 0 saturated carbocycles. The van der Waals surface area contributed by atoms with Gasteiger partial charge in [-0.05, 0) is 33.6 Å². The van der Waals surface area contributed by atoms with Crippen molar-refractivity contribution in [2.24, 2.45) is 0 Å². The molecule has 1 atom stereocenters. The molecule has 0 radical (unpaired) electrons. The molecular formula is C21H17BrClN3O7S. The summed E-state index contributed by atoms with van der Waals surface area (Å²) < 4.78 is 40.1. The molecule has 1 unspecified atom stereocenters. The average Bonchev–Trinajstić information content (AvgIpc) is 3.23. The number of rotatable bonds is 8. The van der Waals surface area contributed by atoms with Crippen LogP contribution in [-0.4, -0.2) is 36.6 Å². The van der Waals surface area contributed by atoms with Gasteiger partial charge in [0, 0.05) is 17.7 Å². The second kappa shape index (κ2) is 9.74. The van der Waals surface area contributed by atoms with E-state index in [1.54, 1.807) is 18.2 Å². The van der Waals surface area contributed by atoms with Crippen molar-refractivity contribution >= 4 is 49.1 Å². The van der Waals surface area contributed by atoms with Gasteiger partial charge in [0.25, 0.3) is 15.7 Å². The maximum Gasteiger partial charge on any atom is 0.289 e. The number of halogens is 2. The zero-order valence-electron chi connectivity index (χ0n) is 17.3. The largest absolute Gasteiger partial charge is 0.493 e. The van der Waals surface area contributed by atoms with Gasteiger partial charge in [-0.2, -0.15) is 0 Å². The van der Waals surface area contributed by atoms with Crippen LogP contribution in [0.5, 0.6) is 11.5 Å². The molecule has 0 fully saturated rings. The van der Waals surface area contributed by atoms with Gasteiger partial charge in [0.1, 0.15) is 10.9 Å². The lowest BCUT2D eigenvalue weighted by molar-refractivity contribution is -0.387. The average molecular weight is 571 g/mol. The number of anilines is 1. The number of pyridine rings is 1. The van der Waals surface area contributed by atoms with Crippen LogP contribution < -0.4 is 14.2 Å². The number of aromatic nitrogens is 1. The Morgan fingerprint density at radius 2 is 2.06 bits per heavy atom. The number of sulfonamides is 1. The molecule has 2 aromatic carbocycles. The summed E-state index contributed by atoms with van der Waals surface area (Å²) in [5, 5.41) is 20.9. The molecule has 2 N–H and O–H groups in total. The molecule has 10 nitrogen and oxygen atoms in total. The Bertz CT molecular complexity index is 1370. The Kier molecular flexibility index (Phi) is 6.94. The predicted molar refractivity (Wildman–Crippen MR) is 127 cm³/mol. The fourth-order valence-electron chi connectivity index (χ4n) is 3.56. The highest BCUT2D eigenvalue weighted by Crippen LogP contribution is 2.39. The van der Waals surface area contributed by atoms with Gasteiger partial charge in [0.2, 0.25) is 0 Å². The molecule has 34 heavy (non-hydrogen) atoms. The van der Waals surface area contributed by atoms with Crippen molar-refractivity contribution in [1.29, 1.82) is 0 Å². The van der Waals surface area contributed by atoms with E-state index in [1.165, 1.54) is 18.2 Å². The van der Waals surface area contributed by atoms with Crippen molar-refractivity contribution in [2.75, 3.05) is 17.9 Å². The number of aliphatic hydroxyl groups excluding tert-OH is 1. The van der Waals surface area contributed by atoms with Crippen molar-refractivity contribution in [1.82, 2.24) is 4.98 Å². The molecule has 0 spiro atoms. The SMILES string of the molecule is O=[N+]([O-])c1ccccc1S(=O)(=O)Nc1nc(Cl)c(Br)cc1OCC1COc2cccc(CO)c21. The zero-order chi connectivity index (χ0) is 24.5. The number of fused-ring (bicyclic) bond motifs is 1. The zero-order valence-corrected chi connectivity index (χ0v) is 20.4. The van der Waals surface area contributed by atoms with Crippen LogP contribution in [0.4, 0.5) is 11.5 Å². The monoisotopic (exact) mass is 569 g/mol. The van der Waals surface area contributed by atoms with Crippen LogP contribution in [0.1, 0.15) is 17.0 Å². The molecule has 1 aliphatic heterocycles. The summed E-state index contributed by atoms with van der Waals surface area (Å²) in [5.41, 5.74) is 0.932. The summed E-state index contributed by atoms with van der Waals surface area (Å²) in [5.74, 6) is 0.231. The summed E-state index contributed by atoms with van der Waals surface area (Å²) in [7, 11) is -4.40. The molecule has 1 aliphatic rings. The van der Waals surface area contributed by atoms with Crippen molar-refractivity contribution in [3.05, 3.63) is 79.4 Å². The first-order chi connectivity index (χ1) is 16.2. The third-order valence-corrected chi connectivity index (χ3v) is 7.60. The van der Waals surface area contributed by atoms with E-state index in [4.69, 9.17) is 21.1 Å². The third-order valence-electron chi connectivity index (χ3n) is 5.10. The number of ether oxygens (including phenoxy) is 2. The van der Waals surface area contributed by atoms with E-state index in [1.807, 2.05) is 0 Å². The van der Waals surface area contributed by atoms with E-state index < -0.39 is 25.5 Å². The van der Waals surface area contributed by atoms with E-state index in [9.17, 15) is 23.6 Å². The van der Waals surface area contributed by atoms with Crippen LogP contribution in [0.25, 0.3) is 0 Å². The summed E-state index contributed by atoms with van der Waals surface area (Å²) in [4.78, 5) is 14.0. The number of para-hydroxylation sites is 1. The molecule has 0 aliphatic carbocycles. The molecule has 0 amide bonds. The van der Waals surface area contributed by atoms with Gasteiger partial charge in [-0.1, -0.05) is 35.9 Å². The maximum atomic E-state index is 13.0. The summed E-state index contributed by atoms with van der Waals surface area (Å²) in [6.45, 7) is 0.226. The second-order valence-electron chi connectivity index (χ2n) is 7.24. The number of hydrogen-bond acceptors (Lipinski definition) is 8. The van der Waals surface area contributed by atoms with Crippen LogP contribution >= 0.6 is 27.5 Å². The molecule has 13 heteroatoms. The first kappa shape index (κ1) is 24.2. The smallest absolute Gasteiger partial charge is 0.289 e. The van der Waals surface area contributed by atoms with E-state index in [2.05, 4.69) is 25.6 Å². The maximum absolute atomic E-state index is 13.0. The van der Waals surface area contributed by atoms with Crippen molar-refractivity contribution in [3.8, 4) is 11.5 Å². The fourth-order valence-corrected chi connectivity index (χ4v) is 5.18. The topological polar surface area (TPSA) is 141 Å². The number of benzene rings is 2. The number of hydrogen-bond donors (Lipinski definition) is 2. The Hall–Kier alpha value is -2.93. The number of aliphatic hydroxyl groups is 1. The molecule has 3 aromatic rings. The van der Waals surface area contributed by atoms with Crippen molar-refractivity contribution < 1.29 is 27.9 Å². The number of nitrogens with one attached hydrogen (secondary N) is 1. The van der Waals surface area contributed by atoms with E-state index in [-0.39, 0.29) is 35.9 Å². The van der Waals surface area contributed by atoms with Crippen LogP contribution in [0.3, 0.4) is 0 Å². The minimum Gasteiger partial charge on any atom is -0.493 e. The molecule has 1 aromatic heterocycles. The Labute approximate surface area is 207 Å². The van der Waals surface area contributed by atoms with Gasteiger partial charge in [0.15, 0.2) is 16.5 Å². The fraction of sp³-hybridized carbons (Fsp3) is 0.190. The lowest BCUT2D eigenvalue weighted by Crippen LogP contribution is -2.18. The van der Waals surface area contributed by atoms with Crippen LogP contribution in [0, 0.1) is 10.1 Å². The Balaban J connectivity index is 1.64. The standard InChI is InChI=1S/C21H17BrClN3O7S/c22-14-8-17(33-11-13-10-32-16-6-3-4-12(9-27)19(13)16)21(24-20(14)23)25-34(30,31)18-7-2-1-5-15(18)26(28)29/h1-8,13,27H,9-11H2,(H,24,25). The molecule has 178 valence electrons. The lowest BCUT2D eigenvalue weighted by Gasteiger charge is -2.17. The number of nitrogens with zero attached hydrogens (tertiary/aromatic N) is 2. The molecule has 0 saturated heterocycles. The minimum absolute atomic E-state index is 0.0373. The van der Waals surface area contributed by atoms with E-state index in [0.717, 1.165) is 17.7 Å². The normalized spacial score (nSPS) is 14.9. The highest BCUT2D eigenvalue weighted by molar-refractivity contribution is 9.10. The van der Waals surface area contributed by atoms with Crippen molar-refractivity contribution in [3.63, 3.8) is 0 Å². The Morgan fingerprint density at radius 3 is 2.79 bits per heavy atom. The number of nitro benzene ring substituents is 1. The molecule has 0 bridgehead atoms. The summed E-state index contributed by atoms with van der Waals surface area (Å²) >= 11 is 9.31. The number of nitro groups is 1. The van der Waals surface area contributed by atoms with Gasteiger partial charge >= 0.3 is 0 Å². The van der Waals surface area contributed by atoms with Gasteiger partial charge in [-0.3, -0.25) is 14.8 Å². The quantitative estimate of drug-likeness (QED) is 0.233. The van der Waals surface area contributed by atoms with Crippen LogP contribution in [-0.2, 0) is 16.6 Å².